The molecule has 2 amide bonds. The largest absolute Gasteiger partial charge is 0.341 e. The molecular weight excluding hydrogens is 362 g/mol. The summed E-state index contributed by atoms with van der Waals surface area (Å²) in [6, 6.07) is 1.35. The Labute approximate surface area is 164 Å². The van der Waals surface area contributed by atoms with Crippen LogP contribution < -0.4 is 10.6 Å². The Kier molecular flexibility index (Phi) is 6.16. The van der Waals surface area contributed by atoms with Crippen LogP contribution in [0.25, 0.3) is 10.2 Å². The molecule has 1 fully saturated rings. The molecule has 0 radical (unpaired) electrons. The zero-order valence-electron chi connectivity index (χ0n) is 16.5. The van der Waals surface area contributed by atoms with Crippen molar-refractivity contribution >= 4 is 33.4 Å². The third kappa shape index (κ3) is 4.32. The minimum absolute atomic E-state index is 0.00868. The molecule has 3 rings (SSSR count). The highest BCUT2D eigenvalue weighted by Gasteiger charge is 2.27. The second kappa shape index (κ2) is 8.39. The summed E-state index contributed by atoms with van der Waals surface area (Å²) in [6.07, 6.45) is 3.23. The SMILES string of the molecule is CNCCC1CCN(C(=O)C(C)NC(=O)c2cc3c(C)nn(C)c3s2)CC1. The zero-order chi connectivity index (χ0) is 19.6. The summed E-state index contributed by atoms with van der Waals surface area (Å²) in [6.45, 7) is 6.29. The summed E-state index contributed by atoms with van der Waals surface area (Å²) >= 11 is 1.41. The molecule has 8 heteroatoms. The third-order valence-corrected chi connectivity index (χ3v) is 6.57. The molecule has 0 spiro atoms. The molecule has 1 unspecified atom stereocenters. The highest BCUT2D eigenvalue weighted by molar-refractivity contribution is 7.20. The number of piperidine rings is 1. The van der Waals surface area contributed by atoms with Gasteiger partial charge < -0.3 is 15.5 Å². The van der Waals surface area contributed by atoms with Gasteiger partial charge in [-0.15, -0.1) is 11.3 Å². The van der Waals surface area contributed by atoms with E-state index in [0.717, 1.165) is 54.8 Å². The van der Waals surface area contributed by atoms with Gasteiger partial charge in [-0.05, 0) is 58.7 Å². The van der Waals surface area contributed by atoms with Gasteiger partial charge in [0.15, 0.2) is 0 Å². The fourth-order valence-corrected chi connectivity index (χ4v) is 4.74. The minimum atomic E-state index is -0.518. The maximum absolute atomic E-state index is 12.7. The van der Waals surface area contributed by atoms with Gasteiger partial charge in [-0.2, -0.15) is 5.10 Å². The van der Waals surface area contributed by atoms with Crippen LogP contribution in [0.1, 0.15) is 41.6 Å². The Hall–Kier alpha value is -1.93. The number of nitrogens with zero attached hydrogens (tertiary/aromatic N) is 3. The lowest BCUT2D eigenvalue weighted by Gasteiger charge is -2.33. The van der Waals surface area contributed by atoms with Crippen molar-refractivity contribution in [1.29, 1.82) is 0 Å². The van der Waals surface area contributed by atoms with Gasteiger partial charge in [-0.1, -0.05) is 0 Å². The Balaban J connectivity index is 1.56. The van der Waals surface area contributed by atoms with Gasteiger partial charge in [0, 0.05) is 25.5 Å². The fraction of sp³-hybridized carbons (Fsp3) is 0.632. The lowest BCUT2D eigenvalue weighted by Crippen LogP contribution is -2.49. The van der Waals surface area contributed by atoms with Crippen molar-refractivity contribution in [1.82, 2.24) is 25.3 Å². The number of hydrogen-bond acceptors (Lipinski definition) is 5. The number of likely N-dealkylation sites (tertiary alicyclic amines) is 1. The lowest BCUT2D eigenvalue weighted by molar-refractivity contribution is -0.134. The van der Waals surface area contributed by atoms with Crippen molar-refractivity contribution in [2.24, 2.45) is 13.0 Å². The molecule has 1 atom stereocenters. The van der Waals surface area contributed by atoms with Crippen molar-refractivity contribution in [3.05, 3.63) is 16.6 Å². The Morgan fingerprint density at radius 2 is 2.07 bits per heavy atom. The molecule has 27 heavy (non-hydrogen) atoms. The molecule has 0 aromatic carbocycles. The summed E-state index contributed by atoms with van der Waals surface area (Å²) in [5, 5.41) is 11.4. The Bertz CT molecular complexity index is 785. The van der Waals surface area contributed by atoms with Gasteiger partial charge in [0.25, 0.3) is 5.91 Å². The average Bonchev–Trinajstić information content (AvgIpc) is 3.21. The normalized spacial score (nSPS) is 16.7. The number of rotatable bonds is 6. The summed E-state index contributed by atoms with van der Waals surface area (Å²) < 4.78 is 1.79. The van der Waals surface area contributed by atoms with Crippen LogP contribution in [-0.4, -0.2) is 59.2 Å². The van der Waals surface area contributed by atoms with Crippen molar-refractivity contribution in [3.8, 4) is 0 Å². The first kappa shape index (κ1) is 19.8. The van der Waals surface area contributed by atoms with Crippen LogP contribution in [0.2, 0.25) is 0 Å². The number of nitrogens with one attached hydrogen (secondary N) is 2. The quantitative estimate of drug-likeness (QED) is 0.788. The first-order valence-electron chi connectivity index (χ1n) is 9.58. The van der Waals surface area contributed by atoms with Crippen LogP contribution in [0.5, 0.6) is 0 Å². The molecule has 1 aliphatic heterocycles. The molecule has 148 valence electrons. The van der Waals surface area contributed by atoms with E-state index in [2.05, 4.69) is 15.7 Å². The van der Waals surface area contributed by atoms with Gasteiger partial charge in [0.1, 0.15) is 10.9 Å². The summed E-state index contributed by atoms with van der Waals surface area (Å²) in [5.74, 6) is 0.497. The number of hydrogen-bond donors (Lipinski definition) is 2. The van der Waals surface area contributed by atoms with Gasteiger partial charge in [-0.3, -0.25) is 14.3 Å². The maximum atomic E-state index is 12.7. The first-order valence-corrected chi connectivity index (χ1v) is 10.4. The van der Waals surface area contributed by atoms with Gasteiger partial charge in [0.05, 0.1) is 10.6 Å². The number of thiophene rings is 1. The first-order chi connectivity index (χ1) is 12.9. The van der Waals surface area contributed by atoms with Crippen LogP contribution in [0, 0.1) is 12.8 Å². The third-order valence-electron chi connectivity index (χ3n) is 5.37. The summed E-state index contributed by atoms with van der Waals surface area (Å²) in [7, 11) is 3.84. The van der Waals surface area contributed by atoms with Crippen molar-refractivity contribution in [3.63, 3.8) is 0 Å². The topological polar surface area (TPSA) is 79.3 Å². The fourth-order valence-electron chi connectivity index (χ4n) is 3.71. The van der Waals surface area contributed by atoms with Crippen LogP contribution in [0.3, 0.4) is 0 Å². The molecule has 1 aliphatic rings. The Morgan fingerprint density at radius 1 is 1.37 bits per heavy atom. The second-order valence-corrected chi connectivity index (χ2v) is 8.43. The Morgan fingerprint density at radius 3 is 2.70 bits per heavy atom. The molecular formula is C19H29N5O2S. The van der Waals surface area contributed by atoms with Gasteiger partial charge >= 0.3 is 0 Å². The van der Waals surface area contributed by atoms with E-state index >= 15 is 0 Å². The second-order valence-electron chi connectivity index (χ2n) is 7.39. The number of aryl methyl sites for hydroxylation is 2. The molecule has 0 saturated carbocycles. The van der Waals surface area contributed by atoms with E-state index in [1.165, 1.54) is 11.3 Å². The zero-order valence-corrected chi connectivity index (χ0v) is 17.4. The van der Waals surface area contributed by atoms with Gasteiger partial charge in [-0.25, -0.2) is 0 Å². The van der Waals surface area contributed by atoms with Crippen LogP contribution >= 0.6 is 11.3 Å². The van der Waals surface area contributed by atoms with Crippen molar-refractivity contribution < 1.29 is 9.59 Å². The van der Waals surface area contributed by atoms with E-state index in [1.807, 2.05) is 32.0 Å². The van der Waals surface area contributed by atoms with E-state index in [4.69, 9.17) is 0 Å². The predicted molar refractivity (Wildman–Crippen MR) is 108 cm³/mol. The van der Waals surface area contributed by atoms with E-state index in [0.29, 0.717) is 10.8 Å². The standard InChI is InChI=1S/C19H29N5O2S/c1-12-15-11-16(27-19(15)23(4)22-12)17(25)21-13(2)18(26)24-9-6-14(7-10-24)5-8-20-3/h11,13-14,20H,5-10H2,1-4H3,(H,21,25). The number of fused-ring (bicyclic) bond motifs is 1. The molecule has 3 heterocycles. The van der Waals surface area contributed by atoms with Crippen molar-refractivity contribution in [2.75, 3.05) is 26.7 Å². The maximum Gasteiger partial charge on any atom is 0.262 e. The van der Waals surface area contributed by atoms with E-state index < -0.39 is 6.04 Å². The molecule has 0 aliphatic carbocycles. The van der Waals surface area contributed by atoms with E-state index in [-0.39, 0.29) is 11.8 Å². The highest BCUT2D eigenvalue weighted by atomic mass is 32.1. The number of carbonyl (C=O) groups is 2. The van der Waals surface area contributed by atoms with E-state index in [9.17, 15) is 9.59 Å². The molecule has 7 nitrogen and oxygen atoms in total. The molecule has 1 saturated heterocycles. The predicted octanol–water partition coefficient (Wildman–Crippen LogP) is 1.91. The molecule has 2 aromatic rings. The average molecular weight is 392 g/mol. The minimum Gasteiger partial charge on any atom is -0.341 e. The lowest BCUT2D eigenvalue weighted by atomic mass is 9.93. The van der Waals surface area contributed by atoms with Crippen LogP contribution in [0.4, 0.5) is 0 Å². The van der Waals surface area contributed by atoms with Crippen molar-refractivity contribution in [2.45, 2.75) is 39.2 Å². The number of aromatic nitrogens is 2. The van der Waals surface area contributed by atoms with Gasteiger partial charge in [0.2, 0.25) is 5.91 Å². The molecule has 0 bridgehead atoms. The summed E-state index contributed by atoms with van der Waals surface area (Å²) in [5.41, 5.74) is 0.910. The van der Waals surface area contributed by atoms with E-state index in [1.54, 1.807) is 11.6 Å². The molecule has 2 aromatic heterocycles. The monoisotopic (exact) mass is 391 g/mol. The van der Waals surface area contributed by atoms with Crippen LogP contribution in [0.15, 0.2) is 6.07 Å². The smallest absolute Gasteiger partial charge is 0.262 e. The number of carbonyl (C=O) groups excluding carboxylic acids is 2. The summed E-state index contributed by atoms with van der Waals surface area (Å²) in [4.78, 5) is 28.8. The highest BCUT2D eigenvalue weighted by Crippen LogP contribution is 2.27. The molecule has 2 N–H and O–H groups in total. The van der Waals surface area contributed by atoms with Crippen LogP contribution in [-0.2, 0) is 11.8 Å². The number of amides is 2.